The third-order valence-electron chi connectivity index (χ3n) is 3.60. The summed E-state index contributed by atoms with van der Waals surface area (Å²) in [5, 5.41) is 12.4. The highest BCUT2D eigenvalue weighted by Gasteiger charge is 2.47. The first kappa shape index (κ1) is 16.1. The maximum absolute atomic E-state index is 11.8. The van der Waals surface area contributed by atoms with E-state index in [0.29, 0.717) is 27.2 Å². The topological polar surface area (TPSA) is 94.5 Å². The van der Waals surface area contributed by atoms with E-state index in [1.807, 2.05) is 0 Å². The number of aromatic nitrogens is 1. The minimum absolute atomic E-state index is 0.114. The summed E-state index contributed by atoms with van der Waals surface area (Å²) < 4.78 is 9.72. The first-order valence-electron chi connectivity index (χ1n) is 6.40. The Morgan fingerprint density at radius 1 is 1.45 bits per heavy atom. The van der Waals surface area contributed by atoms with Crippen molar-refractivity contribution in [3.63, 3.8) is 0 Å². The normalized spacial score (nSPS) is 13.6. The molecule has 8 heteroatoms. The molecule has 0 fully saturated rings. The Bertz CT molecular complexity index is 742. The number of rotatable bonds is 5. The number of ether oxygens (including phenoxy) is 2. The molecule has 0 unspecified atom stereocenters. The maximum Gasteiger partial charge on any atom is 0.384 e. The number of H-pyrrole nitrogens is 1. The lowest BCUT2D eigenvalue weighted by molar-refractivity contribution is -0.550. The van der Waals surface area contributed by atoms with Gasteiger partial charge in [0, 0.05) is 28.9 Å². The monoisotopic (exact) mass is 326 g/mol. The van der Waals surface area contributed by atoms with Crippen LogP contribution in [0, 0.1) is 10.1 Å². The highest BCUT2D eigenvalue weighted by molar-refractivity contribution is 6.32. The van der Waals surface area contributed by atoms with Gasteiger partial charge in [0.25, 0.3) is 0 Å². The van der Waals surface area contributed by atoms with Crippen molar-refractivity contribution in [2.24, 2.45) is 0 Å². The molecule has 0 amide bonds. The summed E-state index contributed by atoms with van der Waals surface area (Å²) >= 11 is 6.04. The molecular formula is C14H15ClN2O5. The van der Waals surface area contributed by atoms with Gasteiger partial charge >= 0.3 is 11.5 Å². The highest BCUT2D eigenvalue weighted by Crippen LogP contribution is 2.33. The van der Waals surface area contributed by atoms with Crippen LogP contribution in [-0.4, -0.2) is 35.6 Å². The standard InChI is InChI=1S/C14H15ClN2O5/c1-14(17(19)20,13(18)22-3)6-8-7-16-11-5-10(15)12(21-2)4-9(8)11/h4-5,7,16H,6H2,1-3H3/t14-/m0/s1. The minimum Gasteiger partial charge on any atom is -0.495 e. The lowest BCUT2D eigenvalue weighted by atomic mass is 9.93. The Labute approximate surface area is 131 Å². The molecule has 7 nitrogen and oxygen atoms in total. The second-order valence-corrected chi connectivity index (χ2v) is 5.45. The van der Waals surface area contributed by atoms with Crippen LogP contribution in [0.15, 0.2) is 18.3 Å². The van der Waals surface area contributed by atoms with Crippen LogP contribution in [0.5, 0.6) is 5.75 Å². The van der Waals surface area contributed by atoms with Crippen LogP contribution >= 0.6 is 11.6 Å². The van der Waals surface area contributed by atoms with Gasteiger partial charge in [-0.25, -0.2) is 4.79 Å². The van der Waals surface area contributed by atoms with E-state index in [4.69, 9.17) is 16.3 Å². The number of nitro groups is 1. The van der Waals surface area contributed by atoms with Gasteiger partial charge in [0.15, 0.2) is 0 Å². The number of hydrogen-bond donors (Lipinski definition) is 1. The van der Waals surface area contributed by atoms with Crippen LogP contribution in [0.25, 0.3) is 10.9 Å². The fraction of sp³-hybridized carbons (Fsp3) is 0.357. The van der Waals surface area contributed by atoms with E-state index in [-0.39, 0.29) is 6.42 Å². The molecule has 1 aromatic heterocycles. The smallest absolute Gasteiger partial charge is 0.384 e. The number of fused-ring (bicyclic) bond motifs is 1. The summed E-state index contributed by atoms with van der Waals surface area (Å²) in [5.41, 5.74) is -0.553. The Morgan fingerprint density at radius 3 is 2.68 bits per heavy atom. The second-order valence-electron chi connectivity index (χ2n) is 5.05. The number of nitrogens with one attached hydrogen (secondary N) is 1. The summed E-state index contributed by atoms with van der Waals surface area (Å²) in [6.45, 7) is 1.24. The van der Waals surface area contributed by atoms with E-state index < -0.39 is 16.4 Å². The van der Waals surface area contributed by atoms with Gasteiger partial charge in [-0.05, 0) is 17.7 Å². The molecule has 2 rings (SSSR count). The number of carbonyl (C=O) groups is 1. The minimum atomic E-state index is -1.86. The number of benzene rings is 1. The molecule has 1 aromatic carbocycles. The van der Waals surface area contributed by atoms with Crippen LogP contribution in [0.3, 0.4) is 0 Å². The van der Waals surface area contributed by atoms with E-state index in [1.165, 1.54) is 14.0 Å². The van der Waals surface area contributed by atoms with Gasteiger partial charge in [-0.1, -0.05) is 11.6 Å². The van der Waals surface area contributed by atoms with Crippen molar-refractivity contribution in [3.05, 3.63) is 39.0 Å². The first-order valence-corrected chi connectivity index (χ1v) is 6.77. The molecule has 0 saturated heterocycles. The van der Waals surface area contributed by atoms with Crippen LogP contribution in [0.2, 0.25) is 5.02 Å². The lowest BCUT2D eigenvalue weighted by Gasteiger charge is -2.17. The van der Waals surface area contributed by atoms with Gasteiger partial charge in [-0.3, -0.25) is 10.1 Å². The number of nitrogens with zero attached hydrogens (tertiary/aromatic N) is 1. The van der Waals surface area contributed by atoms with Crippen molar-refractivity contribution >= 4 is 28.5 Å². The molecule has 0 aliphatic rings. The number of carbonyl (C=O) groups excluding carboxylic acids is 1. The van der Waals surface area contributed by atoms with Crippen LogP contribution in [-0.2, 0) is 16.0 Å². The molecule has 0 spiro atoms. The van der Waals surface area contributed by atoms with Gasteiger partial charge < -0.3 is 14.5 Å². The molecule has 0 bridgehead atoms. The molecule has 118 valence electrons. The molecule has 0 aliphatic heterocycles. The van der Waals surface area contributed by atoms with E-state index in [2.05, 4.69) is 9.72 Å². The molecule has 2 aromatic rings. The lowest BCUT2D eigenvalue weighted by Crippen LogP contribution is -2.46. The Balaban J connectivity index is 2.51. The summed E-state index contributed by atoms with van der Waals surface area (Å²) in [7, 11) is 2.61. The third-order valence-corrected chi connectivity index (χ3v) is 3.90. The molecule has 1 N–H and O–H groups in total. The molecule has 1 atom stereocenters. The summed E-state index contributed by atoms with van der Waals surface area (Å²) in [5.74, 6) is -0.441. The molecule has 0 radical (unpaired) electrons. The second kappa shape index (κ2) is 5.84. The summed E-state index contributed by atoms with van der Waals surface area (Å²) in [4.78, 5) is 25.5. The number of esters is 1. The Hall–Kier alpha value is -2.28. The maximum atomic E-state index is 11.8. The predicted molar refractivity (Wildman–Crippen MR) is 81.0 cm³/mol. The van der Waals surface area contributed by atoms with Crippen molar-refractivity contribution in [1.29, 1.82) is 0 Å². The Kier molecular flexibility index (Phi) is 4.27. The number of aromatic amines is 1. The zero-order valence-corrected chi connectivity index (χ0v) is 13.1. The quantitative estimate of drug-likeness (QED) is 0.517. The van der Waals surface area contributed by atoms with Gasteiger partial charge in [0.05, 0.1) is 25.7 Å². The van der Waals surface area contributed by atoms with Gasteiger partial charge in [0.1, 0.15) is 5.75 Å². The SMILES string of the molecule is COC(=O)[C@](C)(Cc1c[nH]c2cc(Cl)c(OC)cc12)[N+](=O)[O-]. The van der Waals surface area contributed by atoms with Crippen molar-refractivity contribution in [2.75, 3.05) is 14.2 Å². The molecule has 0 aliphatic carbocycles. The predicted octanol–water partition coefficient (Wildman–Crippen LogP) is 2.58. The number of halogens is 1. The van der Waals surface area contributed by atoms with Crippen LogP contribution in [0.1, 0.15) is 12.5 Å². The van der Waals surface area contributed by atoms with Gasteiger partial charge in [-0.15, -0.1) is 0 Å². The first-order chi connectivity index (χ1) is 10.3. The molecule has 22 heavy (non-hydrogen) atoms. The number of hydrogen-bond acceptors (Lipinski definition) is 5. The van der Waals surface area contributed by atoms with Crippen LogP contribution in [0.4, 0.5) is 0 Å². The summed E-state index contributed by atoms with van der Waals surface area (Å²) in [6.07, 6.45) is 1.50. The fourth-order valence-corrected chi connectivity index (χ4v) is 2.53. The van der Waals surface area contributed by atoms with Crippen molar-refractivity contribution < 1.29 is 19.2 Å². The van der Waals surface area contributed by atoms with Crippen LogP contribution < -0.4 is 4.74 Å². The van der Waals surface area contributed by atoms with Crippen molar-refractivity contribution in [3.8, 4) is 5.75 Å². The van der Waals surface area contributed by atoms with Crippen molar-refractivity contribution in [1.82, 2.24) is 4.98 Å². The summed E-state index contributed by atoms with van der Waals surface area (Å²) in [6, 6.07) is 3.35. The largest absolute Gasteiger partial charge is 0.495 e. The highest BCUT2D eigenvalue weighted by atomic mass is 35.5. The number of methoxy groups -OCH3 is 2. The van der Waals surface area contributed by atoms with E-state index in [9.17, 15) is 14.9 Å². The Morgan fingerprint density at radius 2 is 2.14 bits per heavy atom. The third kappa shape index (κ3) is 2.59. The molecule has 0 saturated carbocycles. The average molecular weight is 327 g/mol. The molecular weight excluding hydrogens is 312 g/mol. The fourth-order valence-electron chi connectivity index (χ4n) is 2.29. The van der Waals surface area contributed by atoms with Gasteiger partial charge in [-0.2, -0.15) is 0 Å². The average Bonchev–Trinajstić information content (AvgIpc) is 2.86. The van der Waals surface area contributed by atoms with Gasteiger partial charge in [0.2, 0.25) is 0 Å². The zero-order valence-electron chi connectivity index (χ0n) is 12.3. The molecule has 1 heterocycles. The van der Waals surface area contributed by atoms with Crippen molar-refractivity contribution in [2.45, 2.75) is 18.9 Å². The van der Waals surface area contributed by atoms with E-state index in [0.717, 1.165) is 7.11 Å². The zero-order chi connectivity index (χ0) is 16.5. The van der Waals surface area contributed by atoms with E-state index >= 15 is 0 Å². The van der Waals surface area contributed by atoms with E-state index in [1.54, 1.807) is 18.3 Å².